The monoisotopic (exact) mass is 389 g/mol. The minimum Gasteiger partial charge on any atom is -0.468 e. The summed E-state index contributed by atoms with van der Waals surface area (Å²) in [5.74, 6) is 0.627. The Morgan fingerprint density at radius 2 is 1.81 bits per heavy atom. The lowest BCUT2D eigenvalue weighted by Gasteiger charge is -2.16. The van der Waals surface area contributed by atoms with Gasteiger partial charge in [0.1, 0.15) is 11.0 Å². The number of hydrogen-bond donors (Lipinski definition) is 1. The van der Waals surface area contributed by atoms with Crippen LogP contribution in [0.15, 0.2) is 68.7 Å². The molecule has 2 aromatic heterocycles. The molecule has 3 heterocycles. The predicted octanol–water partition coefficient (Wildman–Crippen LogP) is 2.55. The van der Waals surface area contributed by atoms with E-state index in [-0.39, 0.29) is 29.8 Å². The quantitative estimate of drug-likeness (QED) is 0.690. The molecule has 9 heteroatoms. The molecule has 27 heavy (non-hydrogen) atoms. The van der Waals surface area contributed by atoms with E-state index in [0.717, 1.165) is 0 Å². The van der Waals surface area contributed by atoms with Crippen LogP contribution in [0.1, 0.15) is 21.6 Å². The number of hydrogen-bond acceptors (Lipinski definition) is 7. The van der Waals surface area contributed by atoms with Gasteiger partial charge in [0, 0.05) is 12.6 Å². The predicted molar refractivity (Wildman–Crippen MR) is 92.2 cm³/mol. The molecule has 0 spiro atoms. The molecule has 4 rings (SSSR count). The molecule has 1 aliphatic heterocycles. The van der Waals surface area contributed by atoms with Crippen LogP contribution in [0.3, 0.4) is 0 Å². The lowest BCUT2D eigenvalue weighted by molar-refractivity contribution is 0.0925. The van der Waals surface area contributed by atoms with Gasteiger partial charge in [0.15, 0.2) is 27.1 Å². The van der Waals surface area contributed by atoms with E-state index in [0.29, 0.717) is 11.5 Å². The first-order valence-corrected chi connectivity index (χ1v) is 9.59. The summed E-state index contributed by atoms with van der Waals surface area (Å²) in [6.45, 7) is -0.149. The fourth-order valence-corrected chi connectivity index (χ4v) is 4.34. The molecule has 8 nitrogen and oxygen atoms in total. The van der Waals surface area contributed by atoms with E-state index in [1.165, 1.54) is 36.8 Å². The average molecular weight is 389 g/mol. The number of rotatable bonds is 6. The fourth-order valence-electron chi connectivity index (χ4n) is 2.74. The SMILES string of the molecule is O=C(NC[C@H](c1ccco1)S(=O)(=O)c1ccc2c(c1)OCO2)c1ccco1. The maximum Gasteiger partial charge on any atom is 0.287 e. The molecule has 1 aliphatic rings. The van der Waals surface area contributed by atoms with E-state index in [2.05, 4.69) is 5.32 Å². The van der Waals surface area contributed by atoms with E-state index in [4.69, 9.17) is 18.3 Å². The van der Waals surface area contributed by atoms with E-state index >= 15 is 0 Å². The number of nitrogens with one attached hydrogen (secondary N) is 1. The third kappa shape index (κ3) is 3.28. The van der Waals surface area contributed by atoms with Crippen LogP contribution in [0.4, 0.5) is 0 Å². The molecule has 0 aliphatic carbocycles. The summed E-state index contributed by atoms with van der Waals surface area (Å²) in [7, 11) is -3.88. The summed E-state index contributed by atoms with van der Waals surface area (Å²) >= 11 is 0. The molecule has 0 fully saturated rings. The van der Waals surface area contributed by atoms with Crippen molar-refractivity contribution in [2.75, 3.05) is 13.3 Å². The third-order valence-electron chi connectivity index (χ3n) is 4.10. The van der Waals surface area contributed by atoms with Crippen LogP contribution in [-0.2, 0) is 9.84 Å². The Morgan fingerprint density at radius 3 is 2.56 bits per heavy atom. The van der Waals surface area contributed by atoms with Gasteiger partial charge in [-0.25, -0.2) is 8.42 Å². The number of furan rings is 2. The fraction of sp³-hybridized carbons (Fsp3) is 0.167. The molecular formula is C18H15NO7S. The summed E-state index contributed by atoms with van der Waals surface area (Å²) in [6, 6.07) is 10.6. The van der Waals surface area contributed by atoms with Gasteiger partial charge in [-0.2, -0.15) is 0 Å². The van der Waals surface area contributed by atoms with Crippen LogP contribution >= 0.6 is 0 Å². The average Bonchev–Trinajstić information content (AvgIpc) is 3.42. The topological polar surface area (TPSA) is 108 Å². The Labute approximate surface area is 154 Å². The number of carbonyl (C=O) groups is 1. The minimum absolute atomic E-state index is 0.0413. The number of benzene rings is 1. The molecule has 1 N–H and O–H groups in total. The van der Waals surface area contributed by atoms with E-state index in [1.807, 2.05) is 0 Å². The van der Waals surface area contributed by atoms with Crippen LogP contribution < -0.4 is 14.8 Å². The van der Waals surface area contributed by atoms with Crippen LogP contribution in [0.2, 0.25) is 0 Å². The summed E-state index contributed by atoms with van der Waals surface area (Å²) in [4.78, 5) is 12.2. The molecule has 1 atom stereocenters. The number of ether oxygens (including phenoxy) is 2. The lowest BCUT2D eigenvalue weighted by Crippen LogP contribution is -2.31. The van der Waals surface area contributed by atoms with Crippen molar-refractivity contribution in [1.29, 1.82) is 0 Å². The van der Waals surface area contributed by atoms with Gasteiger partial charge in [-0.05, 0) is 36.4 Å². The van der Waals surface area contributed by atoms with Crippen molar-refractivity contribution in [3.8, 4) is 11.5 Å². The maximum absolute atomic E-state index is 13.2. The summed E-state index contributed by atoms with van der Waals surface area (Å²) < 4.78 is 47.2. The van der Waals surface area contributed by atoms with E-state index in [1.54, 1.807) is 18.2 Å². The maximum atomic E-state index is 13.2. The smallest absolute Gasteiger partial charge is 0.287 e. The first-order valence-electron chi connectivity index (χ1n) is 8.04. The van der Waals surface area contributed by atoms with Gasteiger partial charge in [-0.1, -0.05) is 0 Å². The minimum atomic E-state index is -3.88. The Kier molecular flexibility index (Phi) is 4.36. The number of carbonyl (C=O) groups excluding carboxylic acids is 1. The molecule has 0 bridgehead atoms. The Hall–Kier alpha value is -3.20. The number of sulfone groups is 1. The highest BCUT2D eigenvalue weighted by molar-refractivity contribution is 7.91. The molecular weight excluding hydrogens is 374 g/mol. The van der Waals surface area contributed by atoms with Crippen molar-refractivity contribution in [1.82, 2.24) is 5.32 Å². The largest absolute Gasteiger partial charge is 0.468 e. The van der Waals surface area contributed by atoms with Crippen LogP contribution in [-0.4, -0.2) is 27.7 Å². The van der Waals surface area contributed by atoms with Gasteiger partial charge in [0.05, 0.1) is 17.4 Å². The van der Waals surface area contributed by atoms with Gasteiger partial charge in [0.25, 0.3) is 5.91 Å². The first-order chi connectivity index (χ1) is 13.1. The number of fused-ring (bicyclic) bond motifs is 1. The molecule has 0 saturated carbocycles. The van der Waals surface area contributed by atoms with Gasteiger partial charge < -0.3 is 23.6 Å². The highest BCUT2D eigenvalue weighted by atomic mass is 32.2. The second kappa shape index (κ2) is 6.84. The molecule has 140 valence electrons. The van der Waals surface area contributed by atoms with Gasteiger partial charge in [-0.15, -0.1) is 0 Å². The van der Waals surface area contributed by atoms with Gasteiger partial charge in [-0.3, -0.25) is 4.79 Å². The van der Waals surface area contributed by atoms with Crippen LogP contribution in [0.25, 0.3) is 0 Å². The van der Waals surface area contributed by atoms with E-state index < -0.39 is 21.0 Å². The van der Waals surface area contributed by atoms with Gasteiger partial charge in [0.2, 0.25) is 6.79 Å². The van der Waals surface area contributed by atoms with Crippen molar-refractivity contribution in [2.45, 2.75) is 10.1 Å². The zero-order valence-electron chi connectivity index (χ0n) is 14.0. The van der Waals surface area contributed by atoms with Crippen molar-refractivity contribution >= 4 is 15.7 Å². The Bertz CT molecular complexity index is 1040. The highest BCUT2D eigenvalue weighted by Gasteiger charge is 2.33. The number of amides is 1. The Morgan fingerprint density at radius 1 is 1.04 bits per heavy atom. The zero-order chi connectivity index (χ0) is 18.9. The normalized spacial score (nSPS) is 14.1. The van der Waals surface area contributed by atoms with Crippen LogP contribution in [0.5, 0.6) is 11.5 Å². The van der Waals surface area contributed by atoms with Gasteiger partial charge >= 0.3 is 0 Å². The third-order valence-corrected chi connectivity index (χ3v) is 6.16. The molecule has 3 aromatic rings. The molecule has 0 saturated heterocycles. The van der Waals surface area contributed by atoms with Crippen molar-refractivity contribution in [2.24, 2.45) is 0 Å². The van der Waals surface area contributed by atoms with Crippen molar-refractivity contribution in [3.63, 3.8) is 0 Å². The highest BCUT2D eigenvalue weighted by Crippen LogP contribution is 2.37. The van der Waals surface area contributed by atoms with Crippen molar-refractivity contribution < 1.29 is 31.5 Å². The molecule has 0 radical (unpaired) electrons. The summed E-state index contributed by atoms with van der Waals surface area (Å²) in [5.41, 5.74) is 0. The molecule has 1 aromatic carbocycles. The summed E-state index contributed by atoms with van der Waals surface area (Å²) in [6.07, 6.45) is 2.74. The van der Waals surface area contributed by atoms with Crippen molar-refractivity contribution in [3.05, 3.63) is 66.5 Å². The summed E-state index contributed by atoms with van der Waals surface area (Å²) in [5, 5.41) is 1.46. The molecule has 0 unspecified atom stereocenters. The second-order valence-electron chi connectivity index (χ2n) is 5.75. The molecule has 1 amide bonds. The van der Waals surface area contributed by atoms with Crippen LogP contribution in [0, 0.1) is 0 Å². The van der Waals surface area contributed by atoms with E-state index in [9.17, 15) is 13.2 Å². The zero-order valence-corrected chi connectivity index (χ0v) is 14.8. The lowest BCUT2D eigenvalue weighted by atomic mass is 10.3. The Balaban J connectivity index is 1.63. The second-order valence-corrected chi connectivity index (χ2v) is 7.88. The standard InChI is InChI=1S/C18H15NO7S/c20-18(15-4-2-8-24-15)19-10-17(14-3-1-7-23-14)27(21,22)12-5-6-13-16(9-12)26-11-25-13/h1-9,17H,10-11H2,(H,19,20)/t17-/m1/s1. The first kappa shape index (κ1) is 17.2.